The Morgan fingerprint density at radius 3 is 2.38 bits per heavy atom. The maximum absolute atomic E-state index is 4.23. The summed E-state index contributed by atoms with van der Waals surface area (Å²) < 4.78 is 0. The molecule has 0 spiro atoms. The zero-order valence-corrected chi connectivity index (χ0v) is 10.5. The van der Waals surface area contributed by atoms with E-state index in [2.05, 4.69) is 50.9 Å². The third-order valence-electron chi connectivity index (χ3n) is 3.10. The maximum Gasteiger partial charge on any atom is 0.0349 e. The lowest BCUT2D eigenvalue weighted by Gasteiger charge is -2.14. The Hall–Kier alpha value is -1.37. The van der Waals surface area contributed by atoms with Crippen LogP contribution in [0.2, 0.25) is 0 Å². The summed E-state index contributed by atoms with van der Waals surface area (Å²) in [6.45, 7) is 8.97. The van der Waals surface area contributed by atoms with Crippen molar-refractivity contribution in [3.8, 4) is 0 Å². The Balaban J connectivity index is 2.74. The highest BCUT2D eigenvalue weighted by molar-refractivity contribution is 5.86. The molecule has 0 radical (unpaired) electrons. The molecule has 16 heavy (non-hydrogen) atoms. The topological polar surface area (TPSA) is 12.9 Å². The van der Waals surface area contributed by atoms with Crippen LogP contribution in [0.3, 0.4) is 0 Å². The number of aromatic nitrogens is 1. The fourth-order valence-corrected chi connectivity index (χ4v) is 2.06. The van der Waals surface area contributed by atoms with Gasteiger partial charge in [0.15, 0.2) is 0 Å². The summed E-state index contributed by atoms with van der Waals surface area (Å²) in [5.74, 6) is 1.13. The van der Waals surface area contributed by atoms with Crippen molar-refractivity contribution in [1.29, 1.82) is 0 Å². The second-order valence-electron chi connectivity index (χ2n) is 5.02. The van der Waals surface area contributed by atoms with E-state index in [0.717, 1.165) is 0 Å². The van der Waals surface area contributed by atoms with Gasteiger partial charge in [0.05, 0.1) is 0 Å². The molecular formula is C15H19N. The number of hydrogen-bond acceptors (Lipinski definition) is 1. The summed E-state index contributed by atoms with van der Waals surface area (Å²) in [4.78, 5) is 4.23. The van der Waals surface area contributed by atoms with Crippen LogP contribution in [0.1, 0.15) is 50.7 Å². The van der Waals surface area contributed by atoms with E-state index in [9.17, 15) is 0 Å². The number of rotatable bonds is 2. The molecule has 1 nitrogen and oxygen atoms in total. The van der Waals surface area contributed by atoms with Crippen LogP contribution in [-0.2, 0) is 0 Å². The Morgan fingerprint density at radius 1 is 1.00 bits per heavy atom. The number of pyridine rings is 1. The first-order chi connectivity index (χ1) is 7.59. The molecule has 1 heteroatoms. The highest BCUT2D eigenvalue weighted by atomic mass is 14.6. The first-order valence-electron chi connectivity index (χ1n) is 5.97. The summed E-state index contributed by atoms with van der Waals surface area (Å²) in [5.41, 5.74) is 2.83. The molecule has 1 heterocycles. The van der Waals surface area contributed by atoms with Crippen LogP contribution in [0, 0.1) is 0 Å². The number of nitrogens with zero attached hydrogens (tertiary/aromatic N) is 1. The second kappa shape index (κ2) is 4.25. The summed E-state index contributed by atoms with van der Waals surface area (Å²) in [5, 5.41) is 2.60. The van der Waals surface area contributed by atoms with E-state index in [-0.39, 0.29) is 0 Å². The van der Waals surface area contributed by atoms with Gasteiger partial charge in [0, 0.05) is 17.8 Å². The molecule has 2 aromatic rings. The minimum absolute atomic E-state index is 0.547. The van der Waals surface area contributed by atoms with Crippen LogP contribution in [-0.4, -0.2) is 4.98 Å². The molecule has 0 amide bonds. The zero-order chi connectivity index (χ0) is 11.7. The molecule has 84 valence electrons. The lowest BCUT2D eigenvalue weighted by molar-refractivity contribution is 0.841. The van der Waals surface area contributed by atoms with E-state index >= 15 is 0 Å². The molecule has 0 N–H and O–H groups in total. The van der Waals surface area contributed by atoms with Gasteiger partial charge in [-0.25, -0.2) is 0 Å². The molecule has 0 aliphatic heterocycles. The van der Waals surface area contributed by atoms with Crippen molar-refractivity contribution < 1.29 is 0 Å². The standard InChI is InChI=1S/C15H19N/c1-10(2)13-7-12-5-6-16-9-15(12)14(8-13)11(3)4/h5-11H,1-4H3. The molecule has 1 aromatic carbocycles. The van der Waals surface area contributed by atoms with Crippen LogP contribution in [0.25, 0.3) is 10.8 Å². The number of benzene rings is 1. The third-order valence-corrected chi connectivity index (χ3v) is 3.10. The van der Waals surface area contributed by atoms with Gasteiger partial charge in [-0.3, -0.25) is 4.98 Å². The van der Waals surface area contributed by atoms with Crippen molar-refractivity contribution in [2.24, 2.45) is 0 Å². The SMILES string of the molecule is CC(C)c1cc(C(C)C)c2cnccc2c1. The lowest BCUT2D eigenvalue weighted by Crippen LogP contribution is -1.95. The van der Waals surface area contributed by atoms with Gasteiger partial charge < -0.3 is 0 Å². The fraction of sp³-hybridized carbons (Fsp3) is 0.400. The monoisotopic (exact) mass is 213 g/mol. The van der Waals surface area contributed by atoms with E-state index < -0.39 is 0 Å². The molecule has 0 fully saturated rings. The summed E-state index contributed by atoms with van der Waals surface area (Å²) in [6, 6.07) is 6.72. The smallest absolute Gasteiger partial charge is 0.0349 e. The van der Waals surface area contributed by atoms with E-state index in [1.54, 1.807) is 0 Å². The van der Waals surface area contributed by atoms with Crippen LogP contribution in [0.5, 0.6) is 0 Å². The zero-order valence-electron chi connectivity index (χ0n) is 10.5. The van der Waals surface area contributed by atoms with Crippen LogP contribution < -0.4 is 0 Å². The van der Waals surface area contributed by atoms with Crippen molar-refractivity contribution in [2.45, 2.75) is 39.5 Å². The second-order valence-corrected chi connectivity index (χ2v) is 5.02. The Kier molecular flexibility index (Phi) is 2.95. The van der Waals surface area contributed by atoms with Gasteiger partial charge in [0.1, 0.15) is 0 Å². The first-order valence-corrected chi connectivity index (χ1v) is 5.97. The van der Waals surface area contributed by atoms with Crippen molar-refractivity contribution in [2.75, 3.05) is 0 Å². The minimum Gasteiger partial charge on any atom is -0.264 e. The molecule has 0 atom stereocenters. The molecule has 0 saturated heterocycles. The average molecular weight is 213 g/mol. The quantitative estimate of drug-likeness (QED) is 0.716. The molecule has 0 aliphatic carbocycles. The summed E-state index contributed by atoms with van der Waals surface area (Å²) in [6.07, 6.45) is 3.85. The maximum atomic E-state index is 4.23. The minimum atomic E-state index is 0.547. The van der Waals surface area contributed by atoms with E-state index in [1.807, 2.05) is 12.4 Å². The largest absolute Gasteiger partial charge is 0.264 e. The summed E-state index contributed by atoms with van der Waals surface area (Å²) in [7, 11) is 0. The van der Waals surface area contributed by atoms with Crippen molar-refractivity contribution >= 4 is 10.8 Å². The van der Waals surface area contributed by atoms with E-state index in [4.69, 9.17) is 0 Å². The normalized spacial score (nSPS) is 11.6. The Bertz CT molecular complexity index is 498. The molecule has 0 aliphatic rings. The predicted molar refractivity (Wildman–Crippen MR) is 69.9 cm³/mol. The van der Waals surface area contributed by atoms with Gasteiger partial charge in [-0.2, -0.15) is 0 Å². The highest BCUT2D eigenvalue weighted by Crippen LogP contribution is 2.29. The van der Waals surface area contributed by atoms with Crippen LogP contribution in [0.4, 0.5) is 0 Å². The molecule has 0 unspecified atom stereocenters. The summed E-state index contributed by atoms with van der Waals surface area (Å²) >= 11 is 0. The molecule has 0 saturated carbocycles. The van der Waals surface area contributed by atoms with Crippen molar-refractivity contribution in [1.82, 2.24) is 4.98 Å². The van der Waals surface area contributed by atoms with E-state index in [1.165, 1.54) is 21.9 Å². The van der Waals surface area contributed by atoms with Crippen molar-refractivity contribution in [3.63, 3.8) is 0 Å². The van der Waals surface area contributed by atoms with Gasteiger partial charge in [0.2, 0.25) is 0 Å². The molecular weight excluding hydrogens is 194 g/mol. The number of fused-ring (bicyclic) bond motifs is 1. The first kappa shape index (κ1) is 11.1. The van der Waals surface area contributed by atoms with Crippen molar-refractivity contribution in [3.05, 3.63) is 41.7 Å². The Labute approximate surface area is 97.5 Å². The lowest BCUT2D eigenvalue weighted by atomic mass is 9.91. The Morgan fingerprint density at radius 2 is 1.75 bits per heavy atom. The highest BCUT2D eigenvalue weighted by Gasteiger charge is 2.09. The van der Waals surface area contributed by atoms with Gasteiger partial charge in [-0.1, -0.05) is 39.8 Å². The van der Waals surface area contributed by atoms with Gasteiger partial charge in [0.25, 0.3) is 0 Å². The van der Waals surface area contributed by atoms with E-state index in [0.29, 0.717) is 11.8 Å². The van der Waals surface area contributed by atoms with Gasteiger partial charge in [-0.15, -0.1) is 0 Å². The fourth-order valence-electron chi connectivity index (χ4n) is 2.06. The predicted octanol–water partition coefficient (Wildman–Crippen LogP) is 4.48. The molecule has 1 aromatic heterocycles. The molecule has 2 rings (SSSR count). The molecule has 0 bridgehead atoms. The van der Waals surface area contributed by atoms with Gasteiger partial charge in [-0.05, 0) is 34.4 Å². The third kappa shape index (κ3) is 1.95. The van der Waals surface area contributed by atoms with Crippen LogP contribution in [0.15, 0.2) is 30.6 Å². The van der Waals surface area contributed by atoms with Gasteiger partial charge >= 0.3 is 0 Å². The van der Waals surface area contributed by atoms with Crippen LogP contribution >= 0.6 is 0 Å². The average Bonchev–Trinajstić information content (AvgIpc) is 2.27. The number of hydrogen-bond donors (Lipinski definition) is 0.